The van der Waals surface area contributed by atoms with Crippen molar-refractivity contribution < 1.29 is 19.0 Å². The third-order valence-corrected chi connectivity index (χ3v) is 6.87. The Balaban J connectivity index is 1.52. The lowest BCUT2D eigenvalue weighted by Gasteiger charge is -2.48. The third-order valence-electron chi connectivity index (χ3n) is 6.87. The number of benzene rings is 2. The number of fused-ring (bicyclic) bond motifs is 4. The minimum Gasteiger partial charge on any atom is -0.493 e. The quantitative estimate of drug-likeness (QED) is 0.823. The van der Waals surface area contributed by atoms with E-state index in [1.807, 2.05) is 23.1 Å². The molecule has 2 aromatic carbocycles. The lowest BCUT2D eigenvalue weighted by atomic mass is 9.65. The van der Waals surface area contributed by atoms with Gasteiger partial charge in [0.25, 0.3) is 5.91 Å². The molecule has 2 atom stereocenters. The summed E-state index contributed by atoms with van der Waals surface area (Å²) in [5, 5.41) is 3.73. The maximum absolute atomic E-state index is 13.0. The van der Waals surface area contributed by atoms with Crippen LogP contribution in [0.5, 0.6) is 11.5 Å². The van der Waals surface area contributed by atoms with Crippen LogP contribution in [0.4, 0.5) is 5.69 Å². The standard InChI is InChI=1S/C24H28N2O4/c1-24(2)17-13-15(23(27)26-9-11-29-12-10-26)7-8-19(17)25-21-16-5-4-6-20(28-3)22(16)30-14-18(21)24/h4-8,13,18,21,25H,9-12,14H2,1-3H3/t18-,21+/m0/s1. The average molecular weight is 408 g/mol. The number of nitrogens with zero attached hydrogens (tertiary/aromatic N) is 1. The van der Waals surface area contributed by atoms with Gasteiger partial charge in [0.2, 0.25) is 0 Å². The van der Waals surface area contributed by atoms with Crippen molar-refractivity contribution in [1.29, 1.82) is 0 Å². The van der Waals surface area contributed by atoms with Gasteiger partial charge in [-0.2, -0.15) is 0 Å². The molecule has 6 nitrogen and oxygen atoms in total. The topological polar surface area (TPSA) is 60.0 Å². The number of rotatable bonds is 2. The second-order valence-electron chi connectivity index (χ2n) is 8.80. The SMILES string of the molecule is COc1cccc2c1OC[C@H]1[C@@H]2Nc2ccc(C(=O)N3CCOCC3)cc2C1(C)C. The number of nitrogens with one attached hydrogen (secondary N) is 1. The van der Waals surface area contributed by atoms with Gasteiger partial charge in [-0.3, -0.25) is 4.79 Å². The van der Waals surface area contributed by atoms with Crippen LogP contribution < -0.4 is 14.8 Å². The van der Waals surface area contributed by atoms with Crippen molar-refractivity contribution in [1.82, 2.24) is 4.90 Å². The monoisotopic (exact) mass is 408 g/mol. The molecule has 0 aromatic heterocycles. The maximum Gasteiger partial charge on any atom is 0.254 e. The van der Waals surface area contributed by atoms with Gasteiger partial charge in [-0.1, -0.05) is 26.0 Å². The molecule has 30 heavy (non-hydrogen) atoms. The van der Waals surface area contributed by atoms with Crippen LogP contribution in [0.3, 0.4) is 0 Å². The highest BCUT2D eigenvalue weighted by atomic mass is 16.5. The normalized spacial score (nSPS) is 23.9. The summed E-state index contributed by atoms with van der Waals surface area (Å²) in [4.78, 5) is 14.9. The summed E-state index contributed by atoms with van der Waals surface area (Å²) in [6.07, 6.45) is 0. The predicted molar refractivity (Wildman–Crippen MR) is 115 cm³/mol. The van der Waals surface area contributed by atoms with Crippen molar-refractivity contribution in [3.63, 3.8) is 0 Å². The van der Waals surface area contributed by atoms with Crippen LogP contribution in [0.25, 0.3) is 0 Å². The number of carbonyl (C=O) groups is 1. The first kappa shape index (κ1) is 19.2. The van der Waals surface area contributed by atoms with E-state index in [1.165, 1.54) is 0 Å². The zero-order valence-electron chi connectivity index (χ0n) is 17.7. The zero-order chi connectivity index (χ0) is 20.9. The molecular weight excluding hydrogens is 380 g/mol. The summed E-state index contributed by atoms with van der Waals surface area (Å²) < 4.78 is 17.1. The highest BCUT2D eigenvalue weighted by Crippen LogP contribution is 2.53. The van der Waals surface area contributed by atoms with Crippen molar-refractivity contribution in [3.8, 4) is 11.5 Å². The van der Waals surface area contributed by atoms with E-state index < -0.39 is 0 Å². The molecule has 0 bridgehead atoms. The molecule has 1 N–H and O–H groups in total. The van der Waals surface area contributed by atoms with E-state index in [0.717, 1.165) is 33.9 Å². The summed E-state index contributed by atoms with van der Waals surface area (Å²) in [5.41, 5.74) is 3.95. The number of methoxy groups -OCH3 is 1. The Hall–Kier alpha value is -2.73. The Morgan fingerprint density at radius 3 is 2.77 bits per heavy atom. The van der Waals surface area contributed by atoms with Crippen LogP contribution in [-0.2, 0) is 10.2 Å². The van der Waals surface area contributed by atoms with Crippen LogP contribution in [0.15, 0.2) is 36.4 Å². The first-order valence-corrected chi connectivity index (χ1v) is 10.6. The van der Waals surface area contributed by atoms with Gasteiger partial charge in [-0.25, -0.2) is 0 Å². The molecule has 0 unspecified atom stereocenters. The second-order valence-corrected chi connectivity index (χ2v) is 8.80. The largest absolute Gasteiger partial charge is 0.493 e. The smallest absolute Gasteiger partial charge is 0.254 e. The van der Waals surface area contributed by atoms with Crippen molar-refractivity contribution in [2.24, 2.45) is 5.92 Å². The summed E-state index contributed by atoms with van der Waals surface area (Å²) >= 11 is 0. The third kappa shape index (κ3) is 2.93. The molecule has 3 aliphatic rings. The summed E-state index contributed by atoms with van der Waals surface area (Å²) in [6.45, 7) is 7.60. The highest BCUT2D eigenvalue weighted by Gasteiger charge is 2.47. The molecule has 3 heterocycles. The predicted octanol–water partition coefficient (Wildman–Crippen LogP) is 3.62. The van der Waals surface area contributed by atoms with E-state index in [4.69, 9.17) is 14.2 Å². The molecule has 5 rings (SSSR count). The fourth-order valence-corrected chi connectivity index (χ4v) is 5.03. The van der Waals surface area contributed by atoms with Gasteiger partial charge >= 0.3 is 0 Å². The highest BCUT2D eigenvalue weighted by molar-refractivity contribution is 5.95. The molecule has 0 radical (unpaired) electrons. The molecule has 6 heteroatoms. The van der Waals surface area contributed by atoms with Gasteiger partial charge in [-0.05, 0) is 29.8 Å². The molecule has 158 valence electrons. The number of anilines is 1. The van der Waals surface area contributed by atoms with Crippen LogP contribution in [0.1, 0.15) is 41.4 Å². The Labute approximate surface area is 177 Å². The van der Waals surface area contributed by atoms with Gasteiger partial charge in [-0.15, -0.1) is 0 Å². The summed E-state index contributed by atoms with van der Waals surface area (Å²) in [5.74, 6) is 1.90. The van der Waals surface area contributed by atoms with Gasteiger partial charge in [0.1, 0.15) is 0 Å². The minimum atomic E-state index is -0.159. The van der Waals surface area contributed by atoms with E-state index >= 15 is 0 Å². The Bertz CT molecular complexity index is 981. The van der Waals surface area contributed by atoms with E-state index in [-0.39, 0.29) is 23.3 Å². The fourth-order valence-electron chi connectivity index (χ4n) is 5.03. The lowest BCUT2D eigenvalue weighted by molar-refractivity contribution is 0.0302. The Morgan fingerprint density at radius 2 is 2.00 bits per heavy atom. The number of carbonyl (C=O) groups excluding carboxylic acids is 1. The number of morpholine rings is 1. The number of ether oxygens (including phenoxy) is 3. The number of hydrogen-bond acceptors (Lipinski definition) is 5. The van der Waals surface area contributed by atoms with Crippen LogP contribution in [-0.4, -0.2) is 50.8 Å². The van der Waals surface area contributed by atoms with Crippen LogP contribution in [0, 0.1) is 5.92 Å². The summed E-state index contributed by atoms with van der Waals surface area (Å²) in [7, 11) is 1.67. The van der Waals surface area contributed by atoms with Crippen molar-refractivity contribution in [2.45, 2.75) is 25.3 Å². The Kier molecular flexibility index (Phi) is 4.62. The van der Waals surface area contributed by atoms with E-state index in [0.29, 0.717) is 32.9 Å². The number of amides is 1. The second kappa shape index (κ2) is 7.20. The average Bonchev–Trinajstić information content (AvgIpc) is 2.78. The van der Waals surface area contributed by atoms with E-state index in [2.05, 4.69) is 37.4 Å². The van der Waals surface area contributed by atoms with Gasteiger partial charge in [0, 0.05) is 41.2 Å². The molecular formula is C24H28N2O4. The molecule has 1 saturated heterocycles. The zero-order valence-corrected chi connectivity index (χ0v) is 17.7. The molecule has 3 aliphatic heterocycles. The van der Waals surface area contributed by atoms with E-state index in [1.54, 1.807) is 7.11 Å². The molecule has 1 amide bonds. The number of hydrogen-bond donors (Lipinski definition) is 1. The van der Waals surface area contributed by atoms with Crippen molar-refractivity contribution >= 4 is 11.6 Å². The first-order chi connectivity index (χ1) is 14.5. The number of para-hydroxylation sites is 1. The van der Waals surface area contributed by atoms with Crippen LogP contribution >= 0.6 is 0 Å². The van der Waals surface area contributed by atoms with Gasteiger partial charge in [0.05, 0.1) is 33.0 Å². The fraction of sp³-hybridized carbons (Fsp3) is 0.458. The Morgan fingerprint density at radius 1 is 1.20 bits per heavy atom. The molecule has 0 saturated carbocycles. The minimum absolute atomic E-state index is 0.0778. The molecule has 2 aromatic rings. The summed E-state index contributed by atoms with van der Waals surface area (Å²) in [6, 6.07) is 12.2. The maximum atomic E-state index is 13.0. The first-order valence-electron chi connectivity index (χ1n) is 10.6. The van der Waals surface area contributed by atoms with Gasteiger partial charge < -0.3 is 24.4 Å². The molecule has 0 aliphatic carbocycles. The van der Waals surface area contributed by atoms with Crippen LogP contribution in [0.2, 0.25) is 0 Å². The van der Waals surface area contributed by atoms with Crippen molar-refractivity contribution in [3.05, 3.63) is 53.1 Å². The molecule has 0 spiro atoms. The van der Waals surface area contributed by atoms with E-state index in [9.17, 15) is 4.79 Å². The van der Waals surface area contributed by atoms with Gasteiger partial charge in [0.15, 0.2) is 11.5 Å². The lowest BCUT2D eigenvalue weighted by Crippen LogP contribution is -2.46. The molecule has 1 fully saturated rings. The van der Waals surface area contributed by atoms with Crippen molar-refractivity contribution in [2.75, 3.05) is 45.3 Å².